The minimum absolute atomic E-state index is 0.150. The molecule has 1 heterocycles. The van der Waals surface area contributed by atoms with Gasteiger partial charge in [0.2, 0.25) is 0 Å². The second-order valence-electron chi connectivity index (χ2n) is 6.08. The second kappa shape index (κ2) is 5.94. The molecule has 1 aromatic heterocycles. The summed E-state index contributed by atoms with van der Waals surface area (Å²) in [6.45, 7) is 9.90. The fourth-order valence-electron chi connectivity index (χ4n) is 1.93. The molecule has 20 heavy (non-hydrogen) atoms. The monoisotopic (exact) mass is 276 g/mol. The molecular formula is C16H24N2O2. The molecule has 110 valence electrons. The maximum absolute atomic E-state index is 5.71. The van der Waals surface area contributed by atoms with Crippen molar-refractivity contribution >= 4 is 11.1 Å². The molecule has 0 aliphatic rings. The lowest BCUT2D eigenvalue weighted by Gasteiger charge is -2.23. The first-order valence-corrected chi connectivity index (χ1v) is 7.06. The first kappa shape index (κ1) is 15.0. The normalized spacial score (nSPS) is 12.5. The van der Waals surface area contributed by atoms with Crippen LogP contribution < -0.4 is 5.32 Å². The van der Waals surface area contributed by atoms with E-state index in [1.165, 1.54) is 5.56 Å². The van der Waals surface area contributed by atoms with E-state index in [0.717, 1.165) is 30.1 Å². The van der Waals surface area contributed by atoms with Gasteiger partial charge in [-0.1, -0.05) is 19.9 Å². The number of nitrogens with one attached hydrogen (secondary N) is 1. The van der Waals surface area contributed by atoms with Crippen molar-refractivity contribution in [2.24, 2.45) is 0 Å². The average Bonchev–Trinajstić information content (AvgIpc) is 2.82. The van der Waals surface area contributed by atoms with Crippen molar-refractivity contribution in [3.8, 4) is 0 Å². The van der Waals surface area contributed by atoms with E-state index in [4.69, 9.17) is 9.15 Å². The number of oxazole rings is 1. The zero-order chi connectivity index (χ0) is 14.8. The minimum Gasteiger partial charge on any atom is -0.440 e. The molecular weight excluding hydrogens is 252 g/mol. The van der Waals surface area contributed by atoms with Gasteiger partial charge in [0.15, 0.2) is 11.5 Å². The van der Waals surface area contributed by atoms with Gasteiger partial charge in [-0.2, -0.15) is 0 Å². The standard InChI is InChI=1S/C16H24N2O2/c1-11(2)15-18-13-8-12(6-7-14(13)20-15)9-17-10-16(3,4)19-5/h6-8,11,17H,9-10H2,1-5H3. The van der Waals surface area contributed by atoms with Gasteiger partial charge in [0.25, 0.3) is 0 Å². The van der Waals surface area contributed by atoms with Crippen molar-refractivity contribution in [2.75, 3.05) is 13.7 Å². The Hall–Kier alpha value is -1.39. The fourth-order valence-corrected chi connectivity index (χ4v) is 1.93. The number of hydrogen-bond acceptors (Lipinski definition) is 4. The molecule has 0 aliphatic carbocycles. The second-order valence-corrected chi connectivity index (χ2v) is 6.08. The van der Waals surface area contributed by atoms with Crippen LogP contribution in [0.15, 0.2) is 22.6 Å². The van der Waals surface area contributed by atoms with Gasteiger partial charge >= 0.3 is 0 Å². The molecule has 0 unspecified atom stereocenters. The molecule has 1 aromatic carbocycles. The van der Waals surface area contributed by atoms with Crippen LogP contribution >= 0.6 is 0 Å². The highest BCUT2D eigenvalue weighted by atomic mass is 16.5. The Labute approximate surface area is 120 Å². The van der Waals surface area contributed by atoms with Crippen molar-refractivity contribution < 1.29 is 9.15 Å². The van der Waals surface area contributed by atoms with E-state index < -0.39 is 0 Å². The largest absolute Gasteiger partial charge is 0.440 e. The lowest BCUT2D eigenvalue weighted by Crippen LogP contribution is -2.36. The number of nitrogens with zero attached hydrogens (tertiary/aromatic N) is 1. The number of hydrogen-bond donors (Lipinski definition) is 1. The van der Waals surface area contributed by atoms with E-state index in [0.29, 0.717) is 5.92 Å². The average molecular weight is 276 g/mol. The molecule has 0 saturated carbocycles. The molecule has 2 aromatic rings. The van der Waals surface area contributed by atoms with Gasteiger partial charge < -0.3 is 14.5 Å². The SMILES string of the molecule is COC(C)(C)CNCc1ccc2oc(C(C)C)nc2c1. The predicted octanol–water partition coefficient (Wildman–Crippen LogP) is 3.47. The van der Waals surface area contributed by atoms with Crippen molar-refractivity contribution in [3.05, 3.63) is 29.7 Å². The highest BCUT2D eigenvalue weighted by Crippen LogP contribution is 2.22. The molecule has 0 saturated heterocycles. The summed E-state index contributed by atoms with van der Waals surface area (Å²) in [5.41, 5.74) is 2.84. The van der Waals surface area contributed by atoms with Gasteiger partial charge in [0.1, 0.15) is 5.52 Å². The molecule has 0 fully saturated rings. The molecule has 0 amide bonds. The van der Waals surface area contributed by atoms with Crippen LogP contribution in [0.3, 0.4) is 0 Å². The Morgan fingerprint density at radius 2 is 2.10 bits per heavy atom. The Kier molecular flexibility index (Phi) is 4.45. The zero-order valence-electron chi connectivity index (χ0n) is 13.0. The maximum atomic E-state index is 5.71. The highest BCUT2D eigenvalue weighted by Gasteiger charge is 2.15. The molecule has 0 atom stereocenters. The van der Waals surface area contributed by atoms with E-state index in [1.54, 1.807) is 7.11 Å². The predicted molar refractivity (Wildman–Crippen MR) is 80.9 cm³/mol. The maximum Gasteiger partial charge on any atom is 0.198 e. The van der Waals surface area contributed by atoms with Crippen molar-refractivity contribution in [2.45, 2.75) is 45.8 Å². The summed E-state index contributed by atoms with van der Waals surface area (Å²) < 4.78 is 11.1. The van der Waals surface area contributed by atoms with Crippen LogP contribution in [-0.4, -0.2) is 24.2 Å². The highest BCUT2D eigenvalue weighted by molar-refractivity contribution is 5.73. The van der Waals surface area contributed by atoms with Crippen molar-refractivity contribution in [3.63, 3.8) is 0 Å². The molecule has 0 aliphatic heterocycles. The Balaban J connectivity index is 2.04. The Morgan fingerprint density at radius 1 is 1.35 bits per heavy atom. The first-order chi connectivity index (χ1) is 9.41. The van der Waals surface area contributed by atoms with Gasteiger partial charge in [-0.15, -0.1) is 0 Å². The molecule has 4 heteroatoms. The van der Waals surface area contributed by atoms with Crippen LogP contribution in [0, 0.1) is 0 Å². The topological polar surface area (TPSA) is 47.3 Å². The first-order valence-electron chi connectivity index (χ1n) is 7.06. The van der Waals surface area contributed by atoms with Gasteiger partial charge in [0.05, 0.1) is 5.60 Å². The van der Waals surface area contributed by atoms with E-state index in [1.807, 2.05) is 6.07 Å². The van der Waals surface area contributed by atoms with Crippen LogP contribution in [0.5, 0.6) is 0 Å². The van der Waals surface area contributed by atoms with E-state index in [9.17, 15) is 0 Å². The third kappa shape index (κ3) is 3.58. The Bertz CT molecular complexity index is 573. The molecule has 0 spiro atoms. The lowest BCUT2D eigenvalue weighted by atomic mass is 10.1. The summed E-state index contributed by atoms with van der Waals surface area (Å²) in [5.74, 6) is 1.11. The van der Waals surface area contributed by atoms with Gasteiger partial charge in [-0.25, -0.2) is 4.98 Å². The number of rotatable bonds is 6. The summed E-state index contributed by atoms with van der Waals surface area (Å²) in [4.78, 5) is 4.53. The molecule has 4 nitrogen and oxygen atoms in total. The van der Waals surface area contributed by atoms with Crippen LogP contribution in [0.4, 0.5) is 0 Å². The van der Waals surface area contributed by atoms with Gasteiger partial charge in [-0.05, 0) is 31.5 Å². The number of benzene rings is 1. The van der Waals surface area contributed by atoms with Crippen LogP contribution in [0.25, 0.3) is 11.1 Å². The summed E-state index contributed by atoms with van der Waals surface area (Å²) in [6.07, 6.45) is 0. The molecule has 2 rings (SSSR count). The quantitative estimate of drug-likeness (QED) is 0.877. The third-order valence-corrected chi connectivity index (χ3v) is 3.39. The molecule has 0 radical (unpaired) electrons. The van der Waals surface area contributed by atoms with Gasteiger partial charge in [-0.3, -0.25) is 0 Å². The van der Waals surface area contributed by atoms with Crippen molar-refractivity contribution in [1.82, 2.24) is 10.3 Å². The number of ether oxygens (including phenoxy) is 1. The number of aromatic nitrogens is 1. The third-order valence-electron chi connectivity index (χ3n) is 3.39. The van der Waals surface area contributed by atoms with E-state index in [-0.39, 0.29) is 5.60 Å². The lowest BCUT2D eigenvalue weighted by molar-refractivity contribution is 0.0231. The van der Waals surface area contributed by atoms with Crippen LogP contribution in [-0.2, 0) is 11.3 Å². The minimum atomic E-state index is -0.150. The van der Waals surface area contributed by atoms with Crippen molar-refractivity contribution in [1.29, 1.82) is 0 Å². The van der Waals surface area contributed by atoms with E-state index in [2.05, 4.69) is 50.1 Å². The van der Waals surface area contributed by atoms with E-state index >= 15 is 0 Å². The number of methoxy groups -OCH3 is 1. The summed E-state index contributed by atoms with van der Waals surface area (Å²) in [5, 5.41) is 3.40. The summed E-state index contributed by atoms with van der Waals surface area (Å²) in [6, 6.07) is 6.15. The van der Waals surface area contributed by atoms with Gasteiger partial charge in [0, 0.05) is 26.1 Å². The fraction of sp³-hybridized carbons (Fsp3) is 0.562. The molecule has 0 bridgehead atoms. The zero-order valence-corrected chi connectivity index (χ0v) is 13.0. The smallest absolute Gasteiger partial charge is 0.198 e. The number of fused-ring (bicyclic) bond motifs is 1. The van der Waals surface area contributed by atoms with Crippen LogP contribution in [0.1, 0.15) is 45.1 Å². The summed E-state index contributed by atoms with van der Waals surface area (Å²) in [7, 11) is 1.73. The van der Waals surface area contributed by atoms with Crippen LogP contribution in [0.2, 0.25) is 0 Å². The summed E-state index contributed by atoms with van der Waals surface area (Å²) >= 11 is 0. The Morgan fingerprint density at radius 3 is 2.75 bits per heavy atom. The molecule has 1 N–H and O–H groups in total.